The molecule has 1 rings (SSSR count). The van der Waals surface area contributed by atoms with Gasteiger partial charge >= 0.3 is 5.97 Å². The van der Waals surface area contributed by atoms with Gasteiger partial charge in [0.1, 0.15) is 0 Å². The van der Waals surface area contributed by atoms with Crippen LogP contribution in [0.3, 0.4) is 0 Å². The van der Waals surface area contributed by atoms with Crippen LogP contribution in [0.1, 0.15) is 19.3 Å². The van der Waals surface area contributed by atoms with Gasteiger partial charge in [-0.1, -0.05) is 0 Å². The standard InChI is InChI=1S/C9H16N2O3.ClH/c12-8-3-1-5-11(8)6-2-4-10-7-9(13)14;/h10H,1-7H2,(H,13,14);1H. The molecule has 1 aliphatic heterocycles. The number of hydrogen-bond donors (Lipinski definition) is 2. The number of halogens is 1. The van der Waals surface area contributed by atoms with Crippen LogP contribution in [0.15, 0.2) is 0 Å². The van der Waals surface area contributed by atoms with E-state index in [-0.39, 0.29) is 24.9 Å². The molecule has 0 radical (unpaired) electrons. The van der Waals surface area contributed by atoms with Gasteiger partial charge in [0, 0.05) is 19.5 Å². The van der Waals surface area contributed by atoms with Gasteiger partial charge in [-0.15, -0.1) is 12.4 Å². The summed E-state index contributed by atoms with van der Waals surface area (Å²) in [5.74, 6) is -0.620. The van der Waals surface area contributed by atoms with E-state index in [0.29, 0.717) is 13.0 Å². The fraction of sp³-hybridized carbons (Fsp3) is 0.778. The van der Waals surface area contributed by atoms with Gasteiger partial charge in [-0.05, 0) is 19.4 Å². The molecule has 0 aliphatic carbocycles. The van der Waals surface area contributed by atoms with Crippen LogP contribution in [0.4, 0.5) is 0 Å². The lowest BCUT2D eigenvalue weighted by atomic mass is 10.4. The fourth-order valence-electron chi connectivity index (χ4n) is 1.53. The molecule has 0 aromatic rings. The number of nitrogens with zero attached hydrogens (tertiary/aromatic N) is 1. The number of aliphatic carboxylic acids is 1. The van der Waals surface area contributed by atoms with Crippen molar-refractivity contribution in [2.24, 2.45) is 0 Å². The van der Waals surface area contributed by atoms with Crippen LogP contribution in [0.25, 0.3) is 0 Å². The van der Waals surface area contributed by atoms with Crippen LogP contribution >= 0.6 is 12.4 Å². The predicted octanol–water partition coefficient (Wildman–Crippen LogP) is 0.0949. The Hall–Kier alpha value is -0.810. The second-order valence-electron chi connectivity index (χ2n) is 3.41. The van der Waals surface area contributed by atoms with Gasteiger partial charge in [-0.25, -0.2) is 0 Å². The molecule has 88 valence electrons. The normalized spacial score (nSPS) is 15.2. The molecule has 0 saturated carbocycles. The monoisotopic (exact) mass is 236 g/mol. The first-order chi connectivity index (χ1) is 6.70. The maximum absolute atomic E-state index is 11.2. The number of amides is 1. The molecular weight excluding hydrogens is 220 g/mol. The Bertz CT molecular complexity index is 223. The Morgan fingerprint density at radius 1 is 1.53 bits per heavy atom. The van der Waals surface area contributed by atoms with E-state index in [9.17, 15) is 9.59 Å². The molecule has 1 saturated heterocycles. The van der Waals surface area contributed by atoms with Crippen molar-refractivity contribution in [3.8, 4) is 0 Å². The van der Waals surface area contributed by atoms with Crippen molar-refractivity contribution in [1.29, 1.82) is 0 Å². The largest absolute Gasteiger partial charge is 0.480 e. The zero-order chi connectivity index (χ0) is 10.4. The van der Waals surface area contributed by atoms with Crippen LogP contribution < -0.4 is 5.32 Å². The van der Waals surface area contributed by atoms with Crippen molar-refractivity contribution in [1.82, 2.24) is 10.2 Å². The average Bonchev–Trinajstić information content (AvgIpc) is 2.51. The van der Waals surface area contributed by atoms with Crippen LogP contribution in [-0.2, 0) is 9.59 Å². The van der Waals surface area contributed by atoms with Gasteiger partial charge in [0.2, 0.25) is 5.91 Å². The smallest absolute Gasteiger partial charge is 0.317 e. The summed E-state index contributed by atoms with van der Waals surface area (Å²) in [6.45, 7) is 2.24. The Balaban J connectivity index is 0.00000196. The SMILES string of the molecule is Cl.O=C(O)CNCCCN1CCCC1=O. The summed E-state index contributed by atoms with van der Waals surface area (Å²) >= 11 is 0. The molecule has 0 atom stereocenters. The minimum atomic E-state index is -0.845. The summed E-state index contributed by atoms with van der Waals surface area (Å²) in [5.41, 5.74) is 0. The first kappa shape index (κ1) is 14.2. The van der Waals surface area contributed by atoms with Crippen molar-refractivity contribution in [3.63, 3.8) is 0 Å². The van der Waals surface area contributed by atoms with E-state index >= 15 is 0 Å². The second kappa shape index (κ2) is 7.48. The van der Waals surface area contributed by atoms with E-state index < -0.39 is 5.97 Å². The van der Waals surface area contributed by atoms with Gasteiger partial charge in [-0.3, -0.25) is 9.59 Å². The molecule has 0 aromatic heterocycles. The zero-order valence-corrected chi connectivity index (χ0v) is 9.39. The van der Waals surface area contributed by atoms with E-state index in [4.69, 9.17) is 5.11 Å². The van der Waals surface area contributed by atoms with Crippen LogP contribution in [-0.4, -0.2) is 48.1 Å². The number of carbonyl (C=O) groups is 2. The van der Waals surface area contributed by atoms with Gasteiger partial charge in [0.15, 0.2) is 0 Å². The summed E-state index contributed by atoms with van der Waals surface area (Å²) in [6.07, 6.45) is 2.45. The summed E-state index contributed by atoms with van der Waals surface area (Å²) in [4.78, 5) is 23.1. The lowest BCUT2D eigenvalue weighted by Crippen LogP contribution is -2.30. The van der Waals surface area contributed by atoms with Crippen LogP contribution in [0.2, 0.25) is 0 Å². The number of hydrogen-bond acceptors (Lipinski definition) is 3. The van der Waals surface area contributed by atoms with Crippen LogP contribution in [0.5, 0.6) is 0 Å². The number of carboxylic acid groups (broad SMARTS) is 1. The summed E-state index contributed by atoms with van der Waals surface area (Å²) in [5, 5.41) is 11.1. The number of rotatable bonds is 6. The third-order valence-electron chi connectivity index (χ3n) is 2.23. The van der Waals surface area contributed by atoms with Crippen molar-refractivity contribution >= 4 is 24.3 Å². The third-order valence-corrected chi connectivity index (χ3v) is 2.23. The van der Waals surface area contributed by atoms with E-state index in [0.717, 1.165) is 25.9 Å². The molecular formula is C9H17ClN2O3. The molecule has 5 nitrogen and oxygen atoms in total. The Labute approximate surface area is 95.2 Å². The Kier molecular flexibility index (Phi) is 7.07. The minimum Gasteiger partial charge on any atom is -0.480 e. The third kappa shape index (κ3) is 5.59. The van der Waals surface area contributed by atoms with E-state index in [1.807, 2.05) is 4.90 Å². The number of nitrogens with one attached hydrogen (secondary N) is 1. The van der Waals surface area contributed by atoms with Crippen molar-refractivity contribution in [2.45, 2.75) is 19.3 Å². The maximum Gasteiger partial charge on any atom is 0.317 e. The van der Waals surface area contributed by atoms with E-state index in [1.165, 1.54) is 0 Å². The quantitative estimate of drug-likeness (QED) is 0.642. The topological polar surface area (TPSA) is 69.6 Å². The van der Waals surface area contributed by atoms with Crippen molar-refractivity contribution in [3.05, 3.63) is 0 Å². The molecule has 0 aromatic carbocycles. The first-order valence-corrected chi connectivity index (χ1v) is 4.90. The highest BCUT2D eigenvalue weighted by molar-refractivity contribution is 5.85. The molecule has 6 heteroatoms. The summed E-state index contributed by atoms with van der Waals surface area (Å²) < 4.78 is 0. The second-order valence-corrected chi connectivity index (χ2v) is 3.41. The van der Waals surface area contributed by atoms with E-state index in [2.05, 4.69) is 5.32 Å². The highest BCUT2D eigenvalue weighted by atomic mass is 35.5. The fourth-order valence-corrected chi connectivity index (χ4v) is 1.53. The average molecular weight is 237 g/mol. The van der Waals surface area contributed by atoms with E-state index in [1.54, 1.807) is 0 Å². The highest BCUT2D eigenvalue weighted by Gasteiger charge is 2.18. The maximum atomic E-state index is 11.2. The number of carbonyl (C=O) groups excluding carboxylic acids is 1. The molecule has 15 heavy (non-hydrogen) atoms. The molecule has 0 spiro atoms. The number of carboxylic acids is 1. The lowest BCUT2D eigenvalue weighted by molar-refractivity contribution is -0.136. The minimum absolute atomic E-state index is 0. The first-order valence-electron chi connectivity index (χ1n) is 4.90. The predicted molar refractivity (Wildman–Crippen MR) is 58.2 cm³/mol. The molecule has 0 unspecified atom stereocenters. The molecule has 2 N–H and O–H groups in total. The van der Waals surface area contributed by atoms with Gasteiger partial charge < -0.3 is 15.3 Å². The van der Waals surface area contributed by atoms with Gasteiger partial charge in [0.05, 0.1) is 6.54 Å². The molecule has 1 fully saturated rings. The molecule has 1 amide bonds. The Morgan fingerprint density at radius 3 is 2.80 bits per heavy atom. The van der Waals surface area contributed by atoms with Crippen molar-refractivity contribution < 1.29 is 14.7 Å². The number of likely N-dealkylation sites (tertiary alicyclic amines) is 1. The summed E-state index contributed by atoms with van der Waals surface area (Å²) in [7, 11) is 0. The Morgan fingerprint density at radius 2 is 2.27 bits per heavy atom. The van der Waals surface area contributed by atoms with Gasteiger partial charge in [0.25, 0.3) is 0 Å². The summed E-state index contributed by atoms with van der Waals surface area (Å²) in [6, 6.07) is 0. The lowest BCUT2D eigenvalue weighted by Gasteiger charge is -2.14. The van der Waals surface area contributed by atoms with Gasteiger partial charge in [-0.2, -0.15) is 0 Å². The van der Waals surface area contributed by atoms with Crippen LogP contribution in [0, 0.1) is 0 Å². The molecule has 0 bridgehead atoms. The molecule has 1 heterocycles. The molecule has 1 aliphatic rings. The highest BCUT2D eigenvalue weighted by Crippen LogP contribution is 2.09. The van der Waals surface area contributed by atoms with Crippen molar-refractivity contribution in [2.75, 3.05) is 26.2 Å². The zero-order valence-electron chi connectivity index (χ0n) is 8.57.